The van der Waals surface area contributed by atoms with E-state index >= 15 is 0 Å². The number of halogens is 1. The molecule has 0 unspecified atom stereocenters. The van der Waals surface area contributed by atoms with Gasteiger partial charge in [0, 0.05) is 30.6 Å². The third kappa shape index (κ3) is 3.37. The molecule has 0 aromatic rings. The van der Waals surface area contributed by atoms with Crippen molar-refractivity contribution in [2.45, 2.75) is 109 Å². The number of ether oxygens (including phenoxy) is 3. The van der Waals surface area contributed by atoms with E-state index < -0.39 is 5.79 Å². The molecule has 0 N–H and O–H groups in total. The van der Waals surface area contributed by atoms with Crippen LogP contribution in [0.4, 0.5) is 0 Å². The van der Waals surface area contributed by atoms with Gasteiger partial charge < -0.3 is 14.2 Å². The summed E-state index contributed by atoms with van der Waals surface area (Å²) in [7, 11) is 0. The number of hydrogen-bond acceptors (Lipinski definition) is 5. The van der Waals surface area contributed by atoms with Gasteiger partial charge >= 0.3 is 5.97 Å². The van der Waals surface area contributed by atoms with Crippen LogP contribution in [0.25, 0.3) is 0 Å². The lowest BCUT2D eigenvalue weighted by Gasteiger charge is -2.60. The van der Waals surface area contributed by atoms with Gasteiger partial charge in [0.05, 0.1) is 17.5 Å². The first-order valence-electron chi connectivity index (χ1n) is 14.2. The molecule has 6 rings (SSSR count). The van der Waals surface area contributed by atoms with Crippen LogP contribution in [0.15, 0.2) is 0 Å². The van der Waals surface area contributed by atoms with Crippen molar-refractivity contribution in [3.8, 4) is 0 Å². The molecule has 6 aliphatic rings. The Morgan fingerprint density at radius 2 is 1.86 bits per heavy atom. The molecule has 2 saturated heterocycles. The molecule has 13 atom stereocenters. The highest BCUT2D eigenvalue weighted by Gasteiger charge is 2.72. The highest BCUT2D eigenvalue weighted by Crippen LogP contribution is 2.70. The molecule has 0 aromatic heterocycles. The summed E-state index contributed by atoms with van der Waals surface area (Å²) < 4.78 is 19.0. The molecule has 4 aliphatic carbocycles. The lowest BCUT2D eigenvalue weighted by atomic mass is 9.44. The highest BCUT2D eigenvalue weighted by molar-refractivity contribution is 9.09. The van der Waals surface area contributed by atoms with Gasteiger partial charge in [-0.05, 0) is 80.0 Å². The number of rotatable bonds is 1. The summed E-state index contributed by atoms with van der Waals surface area (Å²) in [5.41, 5.74) is -0.141. The first kappa shape index (κ1) is 24.9. The van der Waals surface area contributed by atoms with Gasteiger partial charge in [0.1, 0.15) is 11.9 Å². The topological polar surface area (TPSA) is 61.8 Å². The first-order chi connectivity index (χ1) is 16.5. The van der Waals surface area contributed by atoms with Crippen LogP contribution in [0.2, 0.25) is 0 Å². The van der Waals surface area contributed by atoms with E-state index in [0.717, 1.165) is 38.7 Å². The summed E-state index contributed by atoms with van der Waals surface area (Å²) in [5, 5.41) is 0. The van der Waals surface area contributed by atoms with E-state index in [1.54, 1.807) is 0 Å². The number of hydrogen-bond donors (Lipinski definition) is 0. The van der Waals surface area contributed by atoms with E-state index in [4.69, 9.17) is 14.2 Å². The lowest BCUT2D eigenvalue weighted by molar-refractivity contribution is -0.267. The van der Waals surface area contributed by atoms with Crippen LogP contribution in [0.1, 0.15) is 86.0 Å². The molecule has 1 spiro atoms. The maximum atomic E-state index is 14.2. The van der Waals surface area contributed by atoms with Crippen LogP contribution in [0, 0.1) is 52.3 Å². The summed E-state index contributed by atoms with van der Waals surface area (Å²) in [6.07, 6.45) is 8.27. The summed E-state index contributed by atoms with van der Waals surface area (Å²) in [6, 6.07) is 0. The molecule has 6 heteroatoms. The second-order valence-corrected chi connectivity index (χ2v) is 14.7. The summed E-state index contributed by atoms with van der Waals surface area (Å²) in [6.45, 7) is 11.5. The number of Topliss-reactive ketones (excluding diaryl/α,β-unsaturated/α-hetero) is 1. The van der Waals surface area contributed by atoms with Crippen molar-refractivity contribution in [2.24, 2.45) is 52.3 Å². The highest BCUT2D eigenvalue weighted by atomic mass is 79.9. The van der Waals surface area contributed by atoms with Crippen LogP contribution in [-0.4, -0.2) is 41.2 Å². The van der Waals surface area contributed by atoms with E-state index in [9.17, 15) is 9.59 Å². The van der Waals surface area contributed by atoms with Crippen molar-refractivity contribution in [1.82, 2.24) is 0 Å². The summed E-state index contributed by atoms with van der Waals surface area (Å²) in [4.78, 5) is 25.9. The van der Waals surface area contributed by atoms with E-state index in [1.165, 1.54) is 19.8 Å². The zero-order valence-corrected chi connectivity index (χ0v) is 23.6. The average Bonchev–Trinajstić information content (AvgIpc) is 3.24. The molecule has 0 bridgehead atoms. The fourth-order valence-electron chi connectivity index (χ4n) is 10.3. The minimum atomic E-state index is -0.592. The van der Waals surface area contributed by atoms with Crippen molar-refractivity contribution < 1.29 is 23.8 Å². The molecule has 2 aliphatic heterocycles. The second-order valence-electron chi connectivity index (χ2n) is 13.6. The molecule has 4 saturated carbocycles. The van der Waals surface area contributed by atoms with Crippen LogP contribution >= 0.6 is 15.9 Å². The molecule has 6 fully saturated rings. The summed E-state index contributed by atoms with van der Waals surface area (Å²) in [5.74, 6) is 2.67. The molecule has 2 heterocycles. The third-order valence-corrected chi connectivity index (χ3v) is 13.1. The van der Waals surface area contributed by atoms with Gasteiger partial charge in [-0.15, -0.1) is 0 Å². The number of ketones is 1. The van der Waals surface area contributed by atoms with Crippen molar-refractivity contribution in [1.29, 1.82) is 0 Å². The zero-order valence-electron chi connectivity index (χ0n) is 22.1. The van der Waals surface area contributed by atoms with E-state index in [0.29, 0.717) is 41.8 Å². The third-order valence-electron chi connectivity index (χ3n) is 12.1. The Kier molecular flexibility index (Phi) is 5.87. The number of carbonyl (C=O) groups is 2. The van der Waals surface area contributed by atoms with Crippen LogP contribution in [0.3, 0.4) is 0 Å². The Hall–Kier alpha value is -0.460. The fraction of sp³-hybridized carbons (Fsp3) is 0.931. The van der Waals surface area contributed by atoms with Gasteiger partial charge in [-0.2, -0.15) is 0 Å². The van der Waals surface area contributed by atoms with Gasteiger partial charge in [-0.3, -0.25) is 9.59 Å². The Morgan fingerprint density at radius 1 is 1.09 bits per heavy atom. The molecule has 0 radical (unpaired) electrons. The standard InChI is InChI=1S/C29H43BrO5/c1-15-10-24(30)29(33-14-15)16(2)26-23(35-29)12-22-20-7-6-18-11-19(34-17(3)31)8-9-27(18,4)21(20)13-25(32)28(22,26)5/h15-16,18-24,26H,6-14H2,1-5H3/t15-,16+,18+,19+,20-,21+,22+,23+,24-,26+,27+,28-,29+/m1/s1. The SMILES string of the molecule is CC(=O)O[C@H]1CC[C@@]2(C)[C@@H](CC[C@@H]3[C@@H]2CC(=O)[C@]2(C)[C@@H]4[C@H](C[C@@H]32)O[C@@]2(OC[C@H](C)C[C@H]2Br)[C@H]4C)C1. The fourth-order valence-corrected chi connectivity index (χ4v) is 11.6. The monoisotopic (exact) mass is 550 g/mol. The van der Waals surface area contributed by atoms with Gasteiger partial charge in [0.25, 0.3) is 0 Å². The minimum absolute atomic E-state index is 0.0540. The van der Waals surface area contributed by atoms with Crippen LogP contribution < -0.4 is 0 Å². The van der Waals surface area contributed by atoms with E-state index in [1.807, 2.05) is 0 Å². The number of alkyl halides is 1. The maximum absolute atomic E-state index is 14.2. The average molecular weight is 552 g/mol. The Balaban J connectivity index is 1.26. The first-order valence-corrected chi connectivity index (χ1v) is 15.1. The van der Waals surface area contributed by atoms with Crippen molar-refractivity contribution >= 4 is 27.7 Å². The van der Waals surface area contributed by atoms with E-state index in [-0.39, 0.29) is 45.7 Å². The Bertz CT molecular complexity index is 908. The quantitative estimate of drug-likeness (QED) is 0.299. The predicted molar refractivity (Wildman–Crippen MR) is 136 cm³/mol. The maximum Gasteiger partial charge on any atom is 0.302 e. The number of fused-ring (bicyclic) bond motifs is 7. The Labute approximate surface area is 218 Å². The molecule has 196 valence electrons. The van der Waals surface area contributed by atoms with Crippen molar-refractivity contribution in [3.63, 3.8) is 0 Å². The van der Waals surface area contributed by atoms with Gasteiger partial charge in [0.15, 0.2) is 5.79 Å². The molecule has 35 heavy (non-hydrogen) atoms. The van der Waals surface area contributed by atoms with Gasteiger partial charge in [0.2, 0.25) is 0 Å². The molecular formula is C29H43BrO5. The predicted octanol–water partition coefficient (Wildman–Crippen LogP) is 5.92. The van der Waals surface area contributed by atoms with Crippen LogP contribution in [0.5, 0.6) is 0 Å². The normalized spacial score (nSPS) is 57.3. The number of carbonyl (C=O) groups excluding carboxylic acids is 2. The summed E-state index contributed by atoms with van der Waals surface area (Å²) >= 11 is 3.94. The van der Waals surface area contributed by atoms with Crippen molar-refractivity contribution in [2.75, 3.05) is 6.61 Å². The minimum Gasteiger partial charge on any atom is -0.463 e. The second kappa shape index (κ2) is 8.27. The van der Waals surface area contributed by atoms with E-state index in [2.05, 4.69) is 43.6 Å². The molecule has 0 amide bonds. The van der Waals surface area contributed by atoms with Crippen LogP contribution in [-0.2, 0) is 23.8 Å². The largest absolute Gasteiger partial charge is 0.463 e. The van der Waals surface area contributed by atoms with Gasteiger partial charge in [-0.1, -0.05) is 43.6 Å². The lowest BCUT2D eigenvalue weighted by Crippen LogP contribution is -2.59. The zero-order chi connectivity index (χ0) is 24.9. The molecule has 0 aromatic carbocycles. The molecule has 5 nitrogen and oxygen atoms in total. The molecular weight excluding hydrogens is 508 g/mol. The number of esters is 1. The van der Waals surface area contributed by atoms with Crippen molar-refractivity contribution in [3.05, 3.63) is 0 Å². The Morgan fingerprint density at radius 3 is 2.57 bits per heavy atom. The van der Waals surface area contributed by atoms with Gasteiger partial charge in [-0.25, -0.2) is 0 Å². The smallest absolute Gasteiger partial charge is 0.302 e.